The zero-order chi connectivity index (χ0) is 19.0. The monoisotopic (exact) mass is 361 g/mol. The average Bonchev–Trinajstić information content (AvgIpc) is 3.03. The van der Waals surface area contributed by atoms with Gasteiger partial charge in [0.1, 0.15) is 0 Å². The summed E-state index contributed by atoms with van der Waals surface area (Å²) in [6.45, 7) is 18.4. The van der Waals surface area contributed by atoms with Crippen molar-refractivity contribution >= 4 is 31.3 Å². The van der Waals surface area contributed by atoms with E-state index < -0.39 is 0 Å². The lowest BCUT2D eigenvalue weighted by molar-refractivity contribution is 0.964. The van der Waals surface area contributed by atoms with E-state index in [2.05, 4.69) is 59.6 Å². The SMILES string of the molecule is C.CC.CC.CC.CC.C[SiH2]Cn1c2ccccc2c2ccccc21. The highest BCUT2D eigenvalue weighted by molar-refractivity contribution is 6.32. The molecule has 0 amide bonds. The molecule has 0 N–H and O–H groups in total. The minimum absolute atomic E-state index is 0. The van der Waals surface area contributed by atoms with Crippen LogP contribution in [0.4, 0.5) is 0 Å². The van der Waals surface area contributed by atoms with Gasteiger partial charge in [-0.15, -0.1) is 0 Å². The molecule has 0 saturated heterocycles. The molecule has 0 aliphatic heterocycles. The Balaban J connectivity index is -0.000000478. The van der Waals surface area contributed by atoms with Crippen molar-refractivity contribution in [2.75, 3.05) is 0 Å². The Morgan fingerprint density at radius 1 is 0.640 bits per heavy atom. The molecule has 0 aliphatic carbocycles. The molecule has 0 spiro atoms. The number of fused-ring (bicyclic) bond motifs is 3. The molecular formula is C23H43NSi. The van der Waals surface area contributed by atoms with Crippen LogP contribution in [0.15, 0.2) is 48.5 Å². The molecule has 0 atom stereocenters. The van der Waals surface area contributed by atoms with E-state index >= 15 is 0 Å². The van der Waals surface area contributed by atoms with Crippen molar-refractivity contribution in [2.24, 2.45) is 0 Å². The van der Waals surface area contributed by atoms with Gasteiger partial charge in [0.25, 0.3) is 0 Å². The van der Waals surface area contributed by atoms with E-state index in [1.807, 2.05) is 55.4 Å². The summed E-state index contributed by atoms with van der Waals surface area (Å²) >= 11 is 0. The smallest absolute Gasteiger partial charge is 0.0488 e. The van der Waals surface area contributed by atoms with Crippen LogP contribution >= 0.6 is 0 Å². The first-order valence-corrected chi connectivity index (χ1v) is 12.3. The summed E-state index contributed by atoms with van der Waals surface area (Å²) in [6, 6.07) is 17.4. The maximum absolute atomic E-state index is 2.48. The highest BCUT2D eigenvalue weighted by atomic mass is 28.2. The molecule has 2 aromatic carbocycles. The van der Waals surface area contributed by atoms with E-state index in [1.165, 1.54) is 28.0 Å². The van der Waals surface area contributed by atoms with Crippen LogP contribution in [0.1, 0.15) is 62.8 Å². The van der Waals surface area contributed by atoms with Gasteiger partial charge < -0.3 is 4.57 Å². The Hall–Kier alpha value is -1.54. The van der Waals surface area contributed by atoms with Crippen LogP contribution < -0.4 is 0 Å². The van der Waals surface area contributed by atoms with Gasteiger partial charge in [-0.05, 0) is 12.1 Å². The molecule has 0 aliphatic rings. The molecule has 0 unspecified atom stereocenters. The van der Waals surface area contributed by atoms with Crippen molar-refractivity contribution < 1.29 is 0 Å². The van der Waals surface area contributed by atoms with Gasteiger partial charge in [-0.1, -0.05) is 106 Å². The third kappa shape index (κ3) is 7.48. The first-order valence-electron chi connectivity index (χ1n) is 9.88. The zero-order valence-electron chi connectivity index (χ0n) is 17.5. The van der Waals surface area contributed by atoms with E-state index in [4.69, 9.17) is 0 Å². The lowest BCUT2D eigenvalue weighted by Crippen LogP contribution is -2.01. The second kappa shape index (κ2) is 18.8. The maximum Gasteiger partial charge on any atom is 0.0488 e. The van der Waals surface area contributed by atoms with Crippen molar-refractivity contribution in [3.8, 4) is 0 Å². The van der Waals surface area contributed by atoms with E-state index in [9.17, 15) is 0 Å². The molecule has 3 aromatic rings. The van der Waals surface area contributed by atoms with Crippen LogP contribution in [0.2, 0.25) is 6.55 Å². The van der Waals surface area contributed by atoms with Crippen LogP contribution in [0.25, 0.3) is 21.8 Å². The van der Waals surface area contributed by atoms with Gasteiger partial charge in [0.15, 0.2) is 0 Å². The molecule has 144 valence electrons. The highest BCUT2D eigenvalue weighted by Gasteiger charge is 2.07. The molecule has 25 heavy (non-hydrogen) atoms. The van der Waals surface area contributed by atoms with Crippen LogP contribution in [-0.4, -0.2) is 14.1 Å². The Labute approximate surface area is 160 Å². The predicted molar refractivity (Wildman–Crippen MR) is 126 cm³/mol. The van der Waals surface area contributed by atoms with E-state index in [0.717, 1.165) is 0 Å². The molecule has 1 heterocycles. The summed E-state index contributed by atoms with van der Waals surface area (Å²) in [7, 11) is 0.0315. The second-order valence-electron chi connectivity index (χ2n) is 4.19. The summed E-state index contributed by atoms with van der Waals surface area (Å²) in [5.74, 6) is 0. The highest BCUT2D eigenvalue weighted by Crippen LogP contribution is 2.28. The lowest BCUT2D eigenvalue weighted by Gasteiger charge is -2.04. The van der Waals surface area contributed by atoms with Gasteiger partial charge in [-0.3, -0.25) is 0 Å². The van der Waals surface area contributed by atoms with Gasteiger partial charge in [-0.2, -0.15) is 0 Å². The first-order chi connectivity index (χ1) is 11.9. The third-order valence-electron chi connectivity index (χ3n) is 3.13. The molecular weight excluding hydrogens is 318 g/mol. The lowest BCUT2D eigenvalue weighted by atomic mass is 10.2. The van der Waals surface area contributed by atoms with Gasteiger partial charge in [0.05, 0.1) is 0 Å². The zero-order valence-corrected chi connectivity index (χ0v) is 18.9. The van der Waals surface area contributed by atoms with Crippen LogP contribution in [0.3, 0.4) is 0 Å². The van der Waals surface area contributed by atoms with Gasteiger partial charge in [0.2, 0.25) is 0 Å². The molecule has 1 aromatic heterocycles. The van der Waals surface area contributed by atoms with E-state index in [1.54, 1.807) is 0 Å². The van der Waals surface area contributed by atoms with Gasteiger partial charge >= 0.3 is 0 Å². The Bertz CT molecular complexity index is 587. The summed E-state index contributed by atoms with van der Waals surface area (Å²) in [4.78, 5) is 0. The fourth-order valence-corrected chi connectivity index (χ4v) is 3.40. The summed E-state index contributed by atoms with van der Waals surface area (Å²) < 4.78 is 2.48. The molecule has 2 heteroatoms. The first kappa shape index (κ1) is 28.3. The minimum Gasteiger partial charge on any atom is -0.344 e. The summed E-state index contributed by atoms with van der Waals surface area (Å²) in [5, 5.41) is 2.78. The van der Waals surface area contributed by atoms with Crippen LogP contribution in [0, 0.1) is 0 Å². The number of rotatable bonds is 2. The fourth-order valence-electron chi connectivity index (χ4n) is 2.47. The van der Waals surface area contributed by atoms with Gasteiger partial charge in [-0.25, -0.2) is 0 Å². The van der Waals surface area contributed by atoms with Crippen molar-refractivity contribution in [2.45, 2.75) is 75.5 Å². The van der Waals surface area contributed by atoms with Gasteiger partial charge in [0, 0.05) is 37.5 Å². The summed E-state index contributed by atoms with van der Waals surface area (Å²) in [6.07, 6.45) is 1.23. The fraction of sp³-hybridized carbons (Fsp3) is 0.478. The molecule has 3 rings (SSSR count). The number of aromatic nitrogens is 1. The number of hydrogen-bond donors (Lipinski definition) is 0. The largest absolute Gasteiger partial charge is 0.344 e. The Morgan fingerprint density at radius 3 is 1.28 bits per heavy atom. The van der Waals surface area contributed by atoms with Crippen molar-refractivity contribution in [3.63, 3.8) is 0 Å². The molecule has 0 saturated carbocycles. The average molecular weight is 362 g/mol. The summed E-state index contributed by atoms with van der Waals surface area (Å²) in [5.41, 5.74) is 2.77. The topological polar surface area (TPSA) is 4.93 Å². The number of para-hydroxylation sites is 2. The molecule has 0 radical (unpaired) electrons. The van der Waals surface area contributed by atoms with E-state index in [0.29, 0.717) is 0 Å². The molecule has 0 fully saturated rings. The third-order valence-corrected chi connectivity index (χ3v) is 4.02. The van der Waals surface area contributed by atoms with Crippen molar-refractivity contribution in [1.82, 2.24) is 4.57 Å². The standard InChI is InChI=1S/C14H15NSi.4C2H6.CH4/c1-16-10-15-13-8-4-2-6-11(13)12-7-3-5-9-14(12)15;4*1-2;/h2-9H,10,16H2,1H3;4*1-2H3;1H4. The van der Waals surface area contributed by atoms with Crippen molar-refractivity contribution in [1.29, 1.82) is 0 Å². The van der Waals surface area contributed by atoms with Crippen molar-refractivity contribution in [3.05, 3.63) is 48.5 Å². The number of hydrogen-bond acceptors (Lipinski definition) is 0. The second-order valence-corrected chi connectivity index (χ2v) is 5.63. The van der Waals surface area contributed by atoms with Crippen LogP contribution in [-0.2, 0) is 6.17 Å². The Kier molecular flexibility index (Phi) is 21.2. The minimum atomic E-state index is 0. The maximum atomic E-state index is 2.48. The number of benzene rings is 2. The van der Waals surface area contributed by atoms with E-state index in [-0.39, 0.29) is 16.9 Å². The number of nitrogens with zero attached hydrogens (tertiary/aromatic N) is 1. The normalized spacial score (nSPS) is 8.68. The van der Waals surface area contributed by atoms with Crippen LogP contribution in [0.5, 0.6) is 0 Å². The molecule has 1 nitrogen and oxygen atoms in total. The Morgan fingerprint density at radius 2 is 0.960 bits per heavy atom. The quantitative estimate of drug-likeness (QED) is 0.412. The molecule has 0 bridgehead atoms. The predicted octanol–water partition coefficient (Wildman–Crippen LogP) is 7.71.